The topological polar surface area (TPSA) is 138 Å². The van der Waals surface area contributed by atoms with Crippen LogP contribution in [0.1, 0.15) is 17.0 Å². The van der Waals surface area contributed by atoms with Crippen LogP contribution in [-0.2, 0) is 4.79 Å². The maximum atomic E-state index is 12.1. The molecule has 0 heterocycles. The van der Waals surface area contributed by atoms with E-state index in [1.54, 1.807) is 30.3 Å². The van der Waals surface area contributed by atoms with Crippen molar-refractivity contribution in [2.75, 3.05) is 7.11 Å². The van der Waals surface area contributed by atoms with Crippen LogP contribution in [0.4, 0.5) is 5.69 Å². The Bertz CT molecular complexity index is 890. The number of hydrazone groups is 1. The number of hydrogen-bond acceptors (Lipinski definition) is 7. The molecule has 0 saturated heterocycles. The van der Waals surface area contributed by atoms with Crippen LogP contribution in [0.5, 0.6) is 11.5 Å². The van der Waals surface area contributed by atoms with Gasteiger partial charge in [0.1, 0.15) is 0 Å². The van der Waals surface area contributed by atoms with E-state index < -0.39 is 28.2 Å². The zero-order chi connectivity index (χ0) is 19.1. The molecule has 0 bridgehead atoms. The summed E-state index contributed by atoms with van der Waals surface area (Å²) < 4.78 is 4.87. The molecule has 0 spiro atoms. The van der Waals surface area contributed by atoms with Crippen LogP contribution in [-0.4, -0.2) is 29.3 Å². The monoisotopic (exact) mass is 354 g/mol. The van der Waals surface area contributed by atoms with Crippen molar-refractivity contribution in [2.45, 2.75) is 5.92 Å². The predicted octanol–water partition coefficient (Wildman–Crippen LogP) is 2.07. The summed E-state index contributed by atoms with van der Waals surface area (Å²) in [4.78, 5) is 22.3. The number of benzene rings is 2. The summed E-state index contributed by atoms with van der Waals surface area (Å²) >= 11 is 0. The van der Waals surface area contributed by atoms with Gasteiger partial charge in [-0.25, -0.2) is 5.43 Å². The molecule has 9 nitrogen and oxygen atoms in total. The Labute approximate surface area is 148 Å². The van der Waals surface area contributed by atoms with Crippen molar-refractivity contribution in [3.63, 3.8) is 0 Å². The van der Waals surface area contributed by atoms with Crippen molar-refractivity contribution in [1.82, 2.24) is 5.43 Å². The zero-order valence-electron chi connectivity index (χ0n) is 13.6. The van der Waals surface area contributed by atoms with Crippen LogP contribution < -0.4 is 10.2 Å². The first-order valence-corrected chi connectivity index (χ1v) is 7.30. The van der Waals surface area contributed by atoms with E-state index in [1.807, 2.05) is 6.07 Å². The Morgan fingerprint density at radius 2 is 2.12 bits per heavy atom. The summed E-state index contributed by atoms with van der Waals surface area (Å²) in [5.74, 6) is -2.40. The quantitative estimate of drug-likeness (QED) is 0.462. The molecule has 2 aromatic carbocycles. The number of ether oxygens (including phenoxy) is 1. The fourth-order valence-electron chi connectivity index (χ4n) is 2.15. The molecular formula is C17H14N4O5. The average Bonchev–Trinajstić information content (AvgIpc) is 2.64. The van der Waals surface area contributed by atoms with Gasteiger partial charge in [-0.15, -0.1) is 0 Å². The van der Waals surface area contributed by atoms with Gasteiger partial charge in [0.2, 0.25) is 5.75 Å². The Hall–Kier alpha value is -3.93. The summed E-state index contributed by atoms with van der Waals surface area (Å²) in [5, 5.41) is 33.5. The van der Waals surface area contributed by atoms with Crippen molar-refractivity contribution in [3.8, 4) is 17.6 Å². The van der Waals surface area contributed by atoms with Crippen molar-refractivity contribution < 1.29 is 19.6 Å². The molecule has 2 N–H and O–H groups in total. The molecule has 0 unspecified atom stereocenters. The number of nitro groups is 1. The number of aromatic hydroxyl groups is 1. The van der Waals surface area contributed by atoms with Gasteiger partial charge in [0.25, 0.3) is 5.91 Å². The second kappa shape index (κ2) is 8.25. The highest BCUT2D eigenvalue weighted by Crippen LogP contribution is 2.36. The Balaban J connectivity index is 2.17. The lowest BCUT2D eigenvalue weighted by atomic mass is 10.0. The summed E-state index contributed by atoms with van der Waals surface area (Å²) in [6.45, 7) is 0. The van der Waals surface area contributed by atoms with Gasteiger partial charge in [0, 0.05) is 11.6 Å². The fraction of sp³-hybridized carbons (Fsp3) is 0.118. The van der Waals surface area contributed by atoms with E-state index in [0.717, 1.165) is 12.3 Å². The van der Waals surface area contributed by atoms with Crippen molar-refractivity contribution in [3.05, 3.63) is 63.7 Å². The number of carbonyl (C=O) groups is 1. The first-order chi connectivity index (χ1) is 12.5. The minimum Gasteiger partial charge on any atom is -0.500 e. The van der Waals surface area contributed by atoms with Gasteiger partial charge in [0.15, 0.2) is 11.7 Å². The van der Waals surface area contributed by atoms with Gasteiger partial charge in [-0.05, 0) is 11.6 Å². The lowest BCUT2D eigenvalue weighted by Crippen LogP contribution is -2.24. The van der Waals surface area contributed by atoms with Gasteiger partial charge in [0.05, 0.1) is 24.3 Å². The van der Waals surface area contributed by atoms with Crippen LogP contribution >= 0.6 is 0 Å². The molecule has 0 aliphatic carbocycles. The van der Waals surface area contributed by atoms with Crippen LogP contribution in [0.2, 0.25) is 0 Å². The number of rotatable bonds is 6. The van der Waals surface area contributed by atoms with Gasteiger partial charge in [-0.3, -0.25) is 14.9 Å². The highest BCUT2D eigenvalue weighted by molar-refractivity contribution is 5.88. The van der Waals surface area contributed by atoms with Crippen molar-refractivity contribution >= 4 is 17.8 Å². The Morgan fingerprint density at radius 1 is 1.42 bits per heavy atom. The molecule has 0 fully saturated rings. The highest BCUT2D eigenvalue weighted by Gasteiger charge is 2.20. The maximum Gasteiger partial charge on any atom is 0.315 e. The first kappa shape index (κ1) is 18.4. The summed E-state index contributed by atoms with van der Waals surface area (Å²) in [7, 11) is 1.25. The lowest BCUT2D eigenvalue weighted by molar-refractivity contribution is -0.386. The molecule has 0 aliphatic heterocycles. The zero-order valence-corrected chi connectivity index (χ0v) is 13.6. The standard InChI is InChI=1S/C17H14N4O5/c1-26-15-8-11(7-14(16(15)22)21(24)25)10-19-20-17(23)13(9-18)12-5-3-2-4-6-12/h2-8,10,13,22H,1H3,(H,20,23)/b19-10-/t13-/m1/s1. The number of hydrogen-bond donors (Lipinski definition) is 2. The lowest BCUT2D eigenvalue weighted by Gasteiger charge is -2.07. The molecular weight excluding hydrogens is 340 g/mol. The molecule has 132 valence electrons. The molecule has 0 aliphatic rings. The Morgan fingerprint density at radius 3 is 2.69 bits per heavy atom. The van der Waals surface area contributed by atoms with Crippen molar-refractivity contribution in [2.24, 2.45) is 5.10 Å². The first-order valence-electron chi connectivity index (χ1n) is 7.30. The number of methoxy groups -OCH3 is 1. The SMILES string of the molecule is COc1cc(/C=N\NC(=O)[C@H](C#N)c2ccccc2)cc([N+](=O)[O-])c1O. The third kappa shape index (κ3) is 4.12. The molecule has 1 amide bonds. The number of phenols is 1. The summed E-state index contributed by atoms with van der Waals surface area (Å²) in [6.07, 6.45) is 1.15. The van der Waals surface area contributed by atoms with Gasteiger partial charge in [-0.1, -0.05) is 30.3 Å². The van der Waals surface area contributed by atoms with E-state index in [1.165, 1.54) is 13.2 Å². The second-order valence-corrected chi connectivity index (χ2v) is 5.06. The van der Waals surface area contributed by atoms with Crippen LogP contribution in [0.3, 0.4) is 0 Å². The number of nitrogens with zero attached hydrogens (tertiary/aromatic N) is 3. The smallest absolute Gasteiger partial charge is 0.315 e. The molecule has 9 heteroatoms. The molecule has 26 heavy (non-hydrogen) atoms. The maximum absolute atomic E-state index is 12.1. The minimum atomic E-state index is -1.04. The fourth-order valence-corrected chi connectivity index (χ4v) is 2.15. The largest absolute Gasteiger partial charge is 0.500 e. The molecule has 0 saturated carbocycles. The minimum absolute atomic E-state index is 0.105. The van der Waals surface area contributed by atoms with Gasteiger partial charge >= 0.3 is 5.69 Å². The number of amides is 1. The van der Waals surface area contributed by atoms with E-state index in [4.69, 9.17) is 4.74 Å². The van der Waals surface area contributed by atoms with Crippen LogP contribution in [0.15, 0.2) is 47.6 Å². The number of phenolic OH excluding ortho intramolecular Hbond substituents is 1. The van der Waals surface area contributed by atoms with Crippen LogP contribution in [0.25, 0.3) is 0 Å². The third-order valence-corrected chi connectivity index (χ3v) is 3.41. The molecule has 2 rings (SSSR count). The number of nitrogens with one attached hydrogen (secondary N) is 1. The number of nitro benzene ring substituents is 1. The van der Waals surface area contributed by atoms with Gasteiger partial charge < -0.3 is 9.84 Å². The van der Waals surface area contributed by atoms with E-state index >= 15 is 0 Å². The summed E-state index contributed by atoms with van der Waals surface area (Å²) in [6, 6.07) is 12.7. The highest BCUT2D eigenvalue weighted by atomic mass is 16.6. The van der Waals surface area contributed by atoms with E-state index in [0.29, 0.717) is 5.56 Å². The molecule has 1 atom stereocenters. The average molecular weight is 354 g/mol. The predicted molar refractivity (Wildman–Crippen MR) is 91.8 cm³/mol. The van der Waals surface area contributed by atoms with Gasteiger partial charge in [-0.2, -0.15) is 10.4 Å². The van der Waals surface area contributed by atoms with E-state index in [2.05, 4.69) is 10.5 Å². The molecule has 0 aromatic heterocycles. The van der Waals surface area contributed by atoms with Crippen LogP contribution in [0, 0.1) is 21.4 Å². The number of nitriles is 1. The number of carbonyl (C=O) groups excluding carboxylic acids is 1. The van der Waals surface area contributed by atoms with E-state index in [9.17, 15) is 25.3 Å². The Kier molecular flexibility index (Phi) is 5.84. The second-order valence-electron chi connectivity index (χ2n) is 5.06. The van der Waals surface area contributed by atoms with Crippen molar-refractivity contribution in [1.29, 1.82) is 5.26 Å². The molecule has 0 radical (unpaired) electrons. The normalized spacial score (nSPS) is 11.5. The summed E-state index contributed by atoms with van der Waals surface area (Å²) in [5.41, 5.74) is 2.40. The molecule has 2 aromatic rings. The third-order valence-electron chi connectivity index (χ3n) is 3.41. The van der Waals surface area contributed by atoms with E-state index in [-0.39, 0.29) is 11.3 Å².